The molecule has 0 bridgehead atoms. The van der Waals surface area contributed by atoms with E-state index in [1.807, 2.05) is 12.1 Å². The van der Waals surface area contributed by atoms with Crippen molar-refractivity contribution >= 4 is 18.1 Å². The van der Waals surface area contributed by atoms with Crippen molar-refractivity contribution in [1.82, 2.24) is 29.9 Å². The van der Waals surface area contributed by atoms with Crippen molar-refractivity contribution < 1.29 is 9.18 Å². The SMILES string of the molecule is CCCc1n[nH]c(=S)n1CC(=O)N(C)CCCc1cc(-c2cccc(F)c2)n[nH]1. The zero-order chi connectivity index (χ0) is 20.8. The first-order chi connectivity index (χ1) is 14.0. The van der Waals surface area contributed by atoms with Gasteiger partial charge in [0.25, 0.3) is 0 Å². The maximum absolute atomic E-state index is 13.4. The van der Waals surface area contributed by atoms with Crippen molar-refractivity contribution in [2.75, 3.05) is 13.6 Å². The summed E-state index contributed by atoms with van der Waals surface area (Å²) in [5, 5.41) is 14.2. The van der Waals surface area contributed by atoms with Crippen LogP contribution < -0.4 is 0 Å². The lowest BCUT2D eigenvalue weighted by Gasteiger charge is -2.17. The molecule has 3 rings (SSSR count). The third-order valence-electron chi connectivity index (χ3n) is 4.72. The van der Waals surface area contributed by atoms with Crippen molar-refractivity contribution in [1.29, 1.82) is 0 Å². The molecule has 0 aliphatic carbocycles. The second-order valence-electron chi connectivity index (χ2n) is 6.99. The number of nitrogens with one attached hydrogen (secondary N) is 2. The Morgan fingerprint density at radius 3 is 2.83 bits per heavy atom. The fourth-order valence-corrected chi connectivity index (χ4v) is 3.32. The molecule has 0 spiro atoms. The maximum Gasteiger partial charge on any atom is 0.242 e. The summed E-state index contributed by atoms with van der Waals surface area (Å²) in [7, 11) is 1.79. The van der Waals surface area contributed by atoms with Gasteiger partial charge in [-0.3, -0.25) is 19.6 Å². The average Bonchev–Trinajstić information content (AvgIpc) is 3.30. The van der Waals surface area contributed by atoms with Crippen LogP contribution in [0.4, 0.5) is 4.39 Å². The summed E-state index contributed by atoms with van der Waals surface area (Å²) in [6, 6.07) is 8.27. The number of nitrogens with zero attached hydrogens (tertiary/aromatic N) is 4. The van der Waals surface area contributed by atoms with Gasteiger partial charge in [0.2, 0.25) is 5.91 Å². The molecule has 0 unspecified atom stereocenters. The summed E-state index contributed by atoms with van der Waals surface area (Å²) >= 11 is 5.23. The summed E-state index contributed by atoms with van der Waals surface area (Å²) < 4.78 is 15.6. The van der Waals surface area contributed by atoms with Crippen molar-refractivity contribution in [2.45, 2.75) is 39.2 Å². The summed E-state index contributed by atoms with van der Waals surface area (Å²) in [6.07, 6.45) is 3.24. The summed E-state index contributed by atoms with van der Waals surface area (Å²) in [6.45, 7) is 2.86. The number of rotatable bonds is 9. The fourth-order valence-electron chi connectivity index (χ4n) is 3.10. The molecule has 0 radical (unpaired) electrons. The Hall–Kier alpha value is -2.81. The number of halogens is 1. The Labute approximate surface area is 173 Å². The van der Waals surface area contributed by atoms with E-state index in [4.69, 9.17) is 12.2 Å². The van der Waals surface area contributed by atoms with Gasteiger partial charge in [-0.1, -0.05) is 19.1 Å². The molecule has 154 valence electrons. The van der Waals surface area contributed by atoms with E-state index in [2.05, 4.69) is 27.3 Å². The Kier molecular flexibility index (Phi) is 6.92. The van der Waals surface area contributed by atoms with Gasteiger partial charge in [-0.15, -0.1) is 0 Å². The number of aromatic nitrogens is 5. The number of likely N-dealkylation sites (N-methyl/N-ethyl adjacent to an activating group) is 1. The lowest BCUT2D eigenvalue weighted by atomic mass is 10.1. The van der Waals surface area contributed by atoms with Crippen LogP contribution in [-0.4, -0.2) is 49.4 Å². The number of carbonyl (C=O) groups is 1. The van der Waals surface area contributed by atoms with Crippen LogP contribution in [0, 0.1) is 10.6 Å². The van der Waals surface area contributed by atoms with Crippen LogP contribution in [-0.2, 0) is 24.2 Å². The second kappa shape index (κ2) is 9.60. The number of benzene rings is 1. The number of amides is 1. The predicted molar refractivity (Wildman–Crippen MR) is 111 cm³/mol. The first-order valence-corrected chi connectivity index (χ1v) is 10.1. The largest absolute Gasteiger partial charge is 0.344 e. The van der Waals surface area contributed by atoms with Crippen molar-refractivity contribution in [3.8, 4) is 11.3 Å². The normalized spacial score (nSPS) is 11.0. The molecule has 0 aliphatic heterocycles. The zero-order valence-corrected chi connectivity index (χ0v) is 17.4. The van der Waals surface area contributed by atoms with Crippen molar-refractivity contribution in [2.24, 2.45) is 0 Å². The van der Waals surface area contributed by atoms with E-state index in [0.717, 1.165) is 42.8 Å². The predicted octanol–water partition coefficient (Wildman–Crippen LogP) is 3.51. The molecule has 0 atom stereocenters. The zero-order valence-electron chi connectivity index (χ0n) is 16.6. The highest BCUT2D eigenvalue weighted by Gasteiger charge is 2.14. The van der Waals surface area contributed by atoms with Crippen LogP contribution in [0.15, 0.2) is 30.3 Å². The molecule has 9 heteroatoms. The van der Waals surface area contributed by atoms with Gasteiger partial charge in [-0.2, -0.15) is 10.2 Å². The van der Waals surface area contributed by atoms with E-state index in [-0.39, 0.29) is 18.3 Å². The van der Waals surface area contributed by atoms with Gasteiger partial charge >= 0.3 is 0 Å². The van der Waals surface area contributed by atoms with Crippen LogP contribution >= 0.6 is 12.2 Å². The van der Waals surface area contributed by atoms with E-state index in [0.29, 0.717) is 17.0 Å². The summed E-state index contributed by atoms with van der Waals surface area (Å²) in [5.74, 6) is 0.513. The topological polar surface area (TPSA) is 82.6 Å². The number of aromatic amines is 2. The Morgan fingerprint density at radius 1 is 1.24 bits per heavy atom. The molecular formula is C20H25FN6OS. The van der Waals surface area contributed by atoms with Gasteiger partial charge in [0.15, 0.2) is 4.77 Å². The van der Waals surface area contributed by atoms with Gasteiger partial charge in [-0.05, 0) is 49.7 Å². The van der Waals surface area contributed by atoms with Gasteiger partial charge in [0.05, 0.1) is 5.69 Å². The number of carbonyl (C=O) groups excluding carboxylic acids is 1. The van der Waals surface area contributed by atoms with Crippen LogP contribution in [0.3, 0.4) is 0 Å². The van der Waals surface area contributed by atoms with Crippen molar-refractivity contribution in [3.63, 3.8) is 0 Å². The molecule has 0 fully saturated rings. The molecule has 29 heavy (non-hydrogen) atoms. The van der Waals surface area contributed by atoms with E-state index < -0.39 is 0 Å². The minimum absolute atomic E-state index is 0.00934. The van der Waals surface area contributed by atoms with Gasteiger partial charge in [-0.25, -0.2) is 4.39 Å². The molecule has 7 nitrogen and oxygen atoms in total. The van der Waals surface area contributed by atoms with Crippen LogP contribution in [0.5, 0.6) is 0 Å². The highest BCUT2D eigenvalue weighted by Crippen LogP contribution is 2.19. The van der Waals surface area contributed by atoms with E-state index in [1.165, 1.54) is 12.1 Å². The summed E-state index contributed by atoms with van der Waals surface area (Å²) in [5.41, 5.74) is 2.40. The maximum atomic E-state index is 13.4. The van der Waals surface area contributed by atoms with Crippen LogP contribution in [0.2, 0.25) is 0 Å². The molecule has 2 aromatic heterocycles. The highest BCUT2D eigenvalue weighted by atomic mass is 32.1. The molecule has 1 aromatic carbocycles. The molecule has 3 aromatic rings. The molecular weight excluding hydrogens is 391 g/mol. The first-order valence-electron chi connectivity index (χ1n) is 9.66. The number of hydrogen-bond acceptors (Lipinski definition) is 4. The van der Waals surface area contributed by atoms with Gasteiger partial charge < -0.3 is 4.90 Å². The van der Waals surface area contributed by atoms with Crippen molar-refractivity contribution in [3.05, 3.63) is 52.4 Å². The average molecular weight is 417 g/mol. The van der Waals surface area contributed by atoms with Gasteiger partial charge in [0, 0.05) is 31.3 Å². The standard InChI is InChI=1S/C20H25FN6OS/c1-3-6-18-24-25-20(29)27(18)13-19(28)26(2)10-5-9-16-12-17(23-22-16)14-7-4-8-15(21)11-14/h4,7-8,11-12H,3,5-6,9-10,13H2,1-2H3,(H,22,23)(H,25,29). The fraction of sp³-hybridized carbons (Fsp3) is 0.400. The van der Waals surface area contributed by atoms with Crippen LogP contribution in [0.25, 0.3) is 11.3 Å². The van der Waals surface area contributed by atoms with E-state index in [1.54, 1.807) is 22.6 Å². The van der Waals surface area contributed by atoms with E-state index >= 15 is 0 Å². The number of hydrogen-bond donors (Lipinski definition) is 2. The summed E-state index contributed by atoms with van der Waals surface area (Å²) in [4.78, 5) is 14.2. The smallest absolute Gasteiger partial charge is 0.242 e. The molecule has 0 saturated carbocycles. The quantitative estimate of drug-likeness (QED) is 0.523. The molecule has 1 amide bonds. The Balaban J connectivity index is 1.51. The third kappa shape index (κ3) is 5.38. The van der Waals surface area contributed by atoms with E-state index in [9.17, 15) is 9.18 Å². The lowest BCUT2D eigenvalue weighted by molar-refractivity contribution is -0.130. The first kappa shape index (κ1) is 20.9. The highest BCUT2D eigenvalue weighted by molar-refractivity contribution is 7.71. The van der Waals surface area contributed by atoms with Gasteiger partial charge in [0.1, 0.15) is 18.2 Å². The molecule has 2 N–H and O–H groups in total. The third-order valence-corrected chi connectivity index (χ3v) is 5.03. The Morgan fingerprint density at radius 2 is 2.07 bits per heavy atom. The molecule has 2 heterocycles. The molecule has 0 saturated heterocycles. The second-order valence-corrected chi connectivity index (χ2v) is 7.38. The lowest BCUT2D eigenvalue weighted by Crippen LogP contribution is -2.31. The molecule has 0 aliphatic rings. The monoisotopic (exact) mass is 416 g/mol. The minimum atomic E-state index is -0.285. The minimum Gasteiger partial charge on any atom is -0.344 e. The Bertz CT molecular complexity index is 1020. The van der Waals surface area contributed by atoms with Crippen LogP contribution in [0.1, 0.15) is 31.3 Å². The number of H-pyrrole nitrogens is 2. The number of aryl methyl sites for hydroxylation is 2.